The minimum absolute atomic E-state index is 0.00717. The van der Waals surface area contributed by atoms with Gasteiger partial charge in [-0.2, -0.15) is 4.98 Å². The largest absolute Gasteiger partial charge is 0.354 e. The highest BCUT2D eigenvalue weighted by atomic mass is 79.9. The van der Waals surface area contributed by atoms with Gasteiger partial charge in [-0.3, -0.25) is 4.79 Å². The van der Waals surface area contributed by atoms with Crippen LogP contribution in [0.5, 0.6) is 0 Å². The van der Waals surface area contributed by atoms with Crippen LogP contribution < -0.4 is 5.32 Å². The molecule has 0 fully saturated rings. The van der Waals surface area contributed by atoms with E-state index in [2.05, 4.69) is 31.4 Å². The fraction of sp³-hybridized carbons (Fsp3) is 0.400. The summed E-state index contributed by atoms with van der Waals surface area (Å²) in [6, 6.07) is 7.86. The molecular weight excluding hydrogens is 334 g/mol. The van der Waals surface area contributed by atoms with Gasteiger partial charge in [-0.05, 0) is 37.6 Å². The van der Waals surface area contributed by atoms with Crippen molar-refractivity contribution in [1.82, 2.24) is 15.5 Å². The van der Waals surface area contributed by atoms with Crippen LogP contribution in [0, 0.1) is 0 Å². The molecule has 1 unspecified atom stereocenters. The molecule has 0 bridgehead atoms. The molecule has 112 valence electrons. The highest BCUT2D eigenvalue weighted by Crippen LogP contribution is 2.19. The zero-order valence-electron chi connectivity index (χ0n) is 12.1. The van der Waals surface area contributed by atoms with Gasteiger partial charge < -0.3 is 9.84 Å². The Morgan fingerprint density at radius 3 is 2.76 bits per heavy atom. The van der Waals surface area contributed by atoms with Gasteiger partial charge in [0.2, 0.25) is 17.6 Å². The topological polar surface area (TPSA) is 68.0 Å². The molecule has 2 aromatic rings. The zero-order chi connectivity index (χ0) is 15.2. The van der Waals surface area contributed by atoms with E-state index in [0.29, 0.717) is 24.6 Å². The van der Waals surface area contributed by atoms with Gasteiger partial charge in [-0.1, -0.05) is 28.0 Å². The van der Waals surface area contributed by atoms with Crippen LogP contribution in [0.1, 0.15) is 32.6 Å². The summed E-state index contributed by atoms with van der Waals surface area (Å²) in [5.41, 5.74) is 0.886. The lowest BCUT2D eigenvalue weighted by atomic mass is 10.2. The fourth-order valence-electron chi connectivity index (χ4n) is 1.74. The van der Waals surface area contributed by atoms with Crippen LogP contribution in [0.4, 0.5) is 0 Å². The molecule has 0 aliphatic carbocycles. The smallest absolute Gasteiger partial charge is 0.227 e. The number of nitrogens with one attached hydrogen (secondary N) is 1. The Morgan fingerprint density at radius 2 is 2.10 bits per heavy atom. The molecule has 1 aromatic carbocycles. The maximum absolute atomic E-state index is 11.7. The van der Waals surface area contributed by atoms with Gasteiger partial charge in [0, 0.05) is 28.9 Å². The van der Waals surface area contributed by atoms with Crippen LogP contribution in [-0.4, -0.2) is 22.1 Å². The monoisotopic (exact) mass is 351 g/mol. The van der Waals surface area contributed by atoms with E-state index in [0.717, 1.165) is 16.5 Å². The van der Waals surface area contributed by atoms with Crippen molar-refractivity contribution >= 4 is 21.8 Å². The summed E-state index contributed by atoms with van der Waals surface area (Å²) in [7, 11) is 0. The van der Waals surface area contributed by atoms with Crippen molar-refractivity contribution in [2.75, 3.05) is 0 Å². The highest BCUT2D eigenvalue weighted by molar-refractivity contribution is 9.10. The molecule has 5 nitrogen and oxygen atoms in total. The van der Waals surface area contributed by atoms with E-state index in [1.165, 1.54) is 0 Å². The predicted molar refractivity (Wildman–Crippen MR) is 83.7 cm³/mol. The number of hydrogen-bond donors (Lipinski definition) is 1. The summed E-state index contributed by atoms with van der Waals surface area (Å²) in [6.07, 6.45) is 1.72. The second-order valence-electron chi connectivity index (χ2n) is 4.90. The molecule has 21 heavy (non-hydrogen) atoms. The summed E-state index contributed by atoms with van der Waals surface area (Å²) in [4.78, 5) is 16.0. The normalized spacial score (nSPS) is 12.1. The number of hydrogen-bond acceptors (Lipinski definition) is 4. The predicted octanol–water partition coefficient (Wildman–Crippen LogP) is 3.35. The van der Waals surface area contributed by atoms with Crippen molar-refractivity contribution in [2.24, 2.45) is 0 Å². The molecule has 0 radical (unpaired) electrons. The fourth-order valence-corrected chi connectivity index (χ4v) is 2.01. The summed E-state index contributed by atoms with van der Waals surface area (Å²) >= 11 is 3.38. The maximum Gasteiger partial charge on any atom is 0.227 e. The number of nitrogens with zero attached hydrogens (tertiary/aromatic N) is 2. The van der Waals surface area contributed by atoms with E-state index in [4.69, 9.17) is 4.52 Å². The average Bonchev–Trinajstić information content (AvgIpc) is 2.94. The lowest BCUT2D eigenvalue weighted by Gasteiger charge is -2.10. The van der Waals surface area contributed by atoms with Crippen molar-refractivity contribution in [3.8, 4) is 11.4 Å². The zero-order valence-corrected chi connectivity index (χ0v) is 13.7. The van der Waals surface area contributed by atoms with Crippen LogP contribution in [0.3, 0.4) is 0 Å². The Kier molecular flexibility index (Phi) is 5.50. The maximum atomic E-state index is 11.7. The highest BCUT2D eigenvalue weighted by Gasteiger charge is 2.11. The molecule has 0 aliphatic rings. The van der Waals surface area contributed by atoms with Crippen LogP contribution >= 0.6 is 15.9 Å². The summed E-state index contributed by atoms with van der Waals surface area (Å²) in [5, 5.41) is 6.85. The standard InChI is InChI=1S/C15H18BrN3O2/c1-3-10(2)17-13(20)8-9-14-18-15(19-21-14)11-4-6-12(16)7-5-11/h4-7,10H,3,8-9H2,1-2H3,(H,17,20). The van der Waals surface area contributed by atoms with Crippen molar-refractivity contribution in [2.45, 2.75) is 39.2 Å². The first-order valence-electron chi connectivity index (χ1n) is 6.96. The van der Waals surface area contributed by atoms with E-state index in [-0.39, 0.29) is 11.9 Å². The molecule has 1 aromatic heterocycles. The quantitative estimate of drug-likeness (QED) is 0.866. The summed E-state index contributed by atoms with van der Waals surface area (Å²) in [6.45, 7) is 4.02. The lowest BCUT2D eigenvalue weighted by molar-refractivity contribution is -0.121. The first kappa shape index (κ1) is 15.7. The van der Waals surface area contributed by atoms with E-state index in [1.54, 1.807) is 0 Å². The van der Waals surface area contributed by atoms with Crippen molar-refractivity contribution in [3.05, 3.63) is 34.6 Å². The second-order valence-corrected chi connectivity index (χ2v) is 5.81. The lowest BCUT2D eigenvalue weighted by Crippen LogP contribution is -2.32. The molecule has 1 heterocycles. The van der Waals surface area contributed by atoms with Gasteiger partial charge in [0.1, 0.15) is 0 Å². The van der Waals surface area contributed by atoms with Gasteiger partial charge in [0.05, 0.1) is 0 Å². The van der Waals surface area contributed by atoms with E-state index < -0.39 is 0 Å². The van der Waals surface area contributed by atoms with Crippen molar-refractivity contribution in [1.29, 1.82) is 0 Å². The number of benzene rings is 1. The van der Waals surface area contributed by atoms with E-state index in [9.17, 15) is 4.79 Å². The van der Waals surface area contributed by atoms with Gasteiger partial charge in [0.25, 0.3) is 0 Å². The van der Waals surface area contributed by atoms with Crippen LogP contribution in [0.2, 0.25) is 0 Å². The minimum Gasteiger partial charge on any atom is -0.354 e. The Morgan fingerprint density at radius 1 is 1.38 bits per heavy atom. The SMILES string of the molecule is CCC(C)NC(=O)CCc1nc(-c2ccc(Br)cc2)no1. The molecule has 0 aliphatic heterocycles. The minimum atomic E-state index is 0.00717. The number of carbonyl (C=O) groups is 1. The summed E-state index contributed by atoms with van der Waals surface area (Å²) < 4.78 is 6.18. The average molecular weight is 352 g/mol. The second kappa shape index (κ2) is 7.36. The summed E-state index contributed by atoms with van der Waals surface area (Å²) in [5.74, 6) is 1.03. The number of halogens is 1. The molecule has 0 saturated heterocycles. The van der Waals surface area contributed by atoms with E-state index >= 15 is 0 Å². The van der Waals surface area contributed by atoms with Crippen LogP contribution in [0.25, 0.3) is 11.4 Å². The van der Waals surface area contributed by atoms with E-state index in [1.807, 2.05) is 38.1 Å². The molecular formula is C15H18BrN3O2. The Hall–Kier alpha value is -1.69. The third-order valence-electron chi connectivity index (χ3n) is 3.16. The Labute approximate surface area is 132 Å². The Balaban J connectivity index is 1.91. The molecule has 1 atom stereocenters. The van der Waals surface area contributed by atoms with Crippen LogP contribution in [-0.2, 0) is 11.2 Å². The van der Waals surface area contributed by atoms with Gasteiger partial charge in [-0.15, -0.1) is 0 Å². The first-order chi connectivity index (χ1) is 10.1. The number of aromatic nitrogens is 2. The number of amides is 1. The number of rotatable bonds is 6. The third kappa shape index (κ3) is 4.67. The molecule has 1 amide bonds. The van der Waals surface area contributed by atoms with Gasteiger partial charge in [-0.25, -0.2) is 0 Å². The third-order valence-corrected chi connectivity index (χ3v) is 3.68. The Bertz CT molecular complexity index is 595. The molecule has 6 heteroatoms. The van der Waals surface area contributed by atoms with Crippen LogP contribution in [0.15, 0.2) is 33.3 Å². The molecule has 0 spiro atoms. The molecule has 1 N–H and O–H groups in total. The van der Waals surface area contributed by atoms with Crippen molar-refractivity contribution in [3.63, 3.8) is 0 Å². The number of aryl methyl sites for hydroxylation is 1. The van der Waals surface area contributed by atoms with Gasteiger partial charge >= 0.3 is 0 Å². The number of carbonyl (C=O) groups excluding carboxylic acids is 1. The molecule has 0 saturated carbocycles. The van der Waals surface area contributed by atoms with Crippen molar-refractivity contribution < 1.29 is 9.32 Å². The molecule has 2 rings (SSSR count). The van der Waals surface area contributed by atoms with Gasteiger partial charge in [0.15, 0.2) is 0 Å². The first-order valence-corrected chi connectivity index (χ1v) is 7.75.